The zero-order chi connectivity index (χ0) is 14.0. The molecule has 1 aromatic carbocycles. The molecule has 5 heteroatoms. The summed E-state index contributed by atoms with van der Waals surface area (Å²) in [7, 11) is 0. The summed E-state index contributed by atoms with van der Waals surface area (Å²) in [4.78, 5) is 5.44. The Balaban J connectivity index is 2.43. The molecule has 0 spiro atoms. The number of nitrogens with zero attached hydrogens (tertiary/aromatic N) is 2. The van der Waals surface area contributed by atoms with Crippen LogP contribution in [0.1, 0.15) is 17.0 Å². The Morgan fingerprint density at radius 3 is 2.53 bits per heavy atom. The highest BCUT2D eigenvalue weighted by atomic mass is 32.2. The molecule has 2 nitrogen and oxygen atoms in total. The van der Waals surface area contributed by atoms with Crippen LogP contribution in [-0.4, -0.2) is 4.98 Å². The van der Waals surface area contributed by atoms with Crippen LogP contribution in [-0.2, 0) is 0 Å². The van der Waals surface area contributed by atoms with Crippen molar-refractivity contribution < 1.29 is 8.78 Å². The third-order valence-corrected chi connectivity index (χ3v) is 3.55. The van der Waals surface area contributed by atoms with Crippen molar-refractivity contribution in [2.75, 3.05) is 0 Å². The van der Waals surface area contributed by atoms with Gasteiger partial charge in [-0.3, -0.25) is 4.98 Å². The van der Waals surface area contributed by atoms with Crippen molar-refractivity contribution in [2.24, 2.45) is 0 Å². The Bertz CT molecular complexity index is 678. The Morgan fingerprint density at radius 2 is 1.89 bits per heavy atom. The smallest absolute Gasteiger partial charge is 0.159 e. The number of nitriles is 1. The van der Waals surface area contributed by atoms with E-state index in [1.54, 1.807) is 13.0 Å². The largest absolute Gasteiger partial charge is 0.257 e. The summed E-state index contributed by atoms with van der Waals surface area (Å²) in [5.74, 6) is -1.78. The molecule has 2 aromatic rings. The number of benzene rings is 1. The highest BCUT2D eigenvalue weighted by Gasteiger charge is 2.11. The van der Waals surface area contributed by atoms with Gasteiger partial charge in [-0.15, -0.1) is 0 Å². The van der Waals surface area contributed by atoms with Crippen LogP contribution >= 0.6 is 11.8 Å². The first-order chi connectivity index (χ1) is 9.01. The van der Waals surface area contributed by atoms with E-state index < -0.39 is 11.6 Å². The van der Waals surface area contributed by atoms with E-state index >= 15 is 0 Å². The van der Waals surface area contributed by atoms with Gasteiger partial charge >= 0.3 is 0 Å². The molecule has 2 rings (SSSR count). The van der Waals surface area contributed by atoms with Crippen LogP contribution in [0, 0.1) is 36.8 Å². The third kappa shape index (κ3) is 2.91. The molecule has 0 aliphatic heterocycles. The molecule has 0 unspecified atom stereocenters. The SMILES string of the molecule is Cc1cc(Sc2ccc(F)c(F)c2)c(C#N)c(C)n1. The van der Waals surface area contributed by atoms with E-state index in [0.29, 0.717) is 21.0 Å². The Kier molecular flexibility index (Phi) is 3.82. The second-order valence-corrected chi connectivity index (χ2v) is 5.13. The standard InChI is InChI=1S/C14H10F2N2S/c1-8-5-14(11(7-17)9(2)18-8)19-10-3-4-12(15)13(16)6-10/h3-6H,1-2H3. The molecule has 19 heavy (non-hydrogen) atoms. The molecular formula is C14H10F2N2S. The van der Waals surface area contributed by atoms with Gasteiger partial charge < -0.3 is 0 Å². The first-order valence-electron chi connectivity index (χ1n) is 5.52. The summed E-state index contributed by atoms with van der Waals surface area (Å²) < 4.78 is 26.0. The summed E-state index contributed by atoms with van der Waals surface area (Å²) in [6, 6.07) is 7.52. The Labute approximate surface area is 114 Å². The predicted octanol–water partition coefficient (Wildman–Crippen LogP) is 4.00. The summed E-state index contributed by atoms with van der Waals surface area (Å²) in [6.07, 6.45) is 0. The average molecular weight is 276 g/mol. The highest BCUT2D eigenvalue weighted by molar-refractivity contribution is 7.99. The van der Waals surface area contributed by atoms with Crippen LogP contribution in [0.5, 0.6) is 0 Å². The van der Waals surface area contributed by atoms with Crippen LogP contribution in [0.15, 0.2) is 34.1 Å². The Morgan fingerprint density at radius 1 is 1.16 bits per heavy atom. The van der Waals surface area contributed by atoms with Gasteiger partial charge in [-0.25, -0.2) is 8.78 Å². The number of aryl methyl sites for hydroxylation is 2. The highest BCUT2D eigenvalue weighted by Crippen LogP contribution is 2.32. The van der Waals surface area contributed by atoms with E-state index in [4.69, 9.17) is 5.26 Å². The second-order valence-electron chi connectivity index (χ2n) is 4.01. The lowest BCUT2D eigenvalue weighted by Gasteiger charge is -2.07. The minimum absolute atomic E-state index is 0.459. The lowest BCUT2D eigenvalue weighted by Crippen LogP contribution is -1.94. The van der Waals surface area contributed by atoms with Crippen molar-refractivity contribution in [3.8, 4) is 6.07 Å². The van der Waals surface area contributed by atoms with Crippen molar-refractivity contribution in [1.82, 2.24) is 4.98 Å². The predicted molar refractivity (Wildman–Crippen MR) is 68.9 cm³/mol. The third-order valence-electron chi connectivity index (χ3n) is 2.52. The van der Waals surface area contributed by atoms with E-state index in [1.165, 1.54) is 17.8 Å². The fraction of sp³-hybridized carbons (Fsp3) is 0.143. The van der Waals surface area contributed by atoms with E-state index in [0.717, 1.165) is 17.8 Å². The maximum atomic E-state index is 13.2. The molecule has 1 aromatic heterocycles. The first kappa shape index (κ1) is 13.5. The van der Waals surface area contributed by atoms with E-state index in [9.17, 15) is 8.78 Å². The van der Waals surface area contributed by atoms with Crippen molar-refractivity contribution in [3.05, 3.63) is 52.9 Å². The molecule has 96 valence electrons. The van der Waals surface area contributed by atoms with Gasteiger partial charge in [-0.2, -0.15) is 5.26 Å². The molecule has 0 radical (unpaired) electrons. The molecule has 0 fully saturated rings. The zero-order valence-electron chi connectivity index (χ0n) is 10.4. The minimum atomic E-state index is -0.897. The van der Waals surface area contributed by atoms with E-state index in [1.807, 2.05) is 6.92 Å². The summed E-state index contributed by atoms with van der Waals surface area (Å²) in [5.41, 5.74) is 1.87. The molecule has 0 amide bonds. The van der Waals surface area contributed by atoms with Gasteiger partial charge in [0.05, 0.1) is 11.3 Å². The van der Waals surface area contributed by atoms with Crippen molar-refractivity contribution in [2.45, 2.75) is 23.6 Å². The van der Waals surface area contributed by atoms with E-state index in [-0.39, 0.29) is 0 Å². The lowest BCUT2D eigenvalue weighted by molar-refractivity contribution is 0.506. The minimum Gasteiger partial charge on any atom is -0.257 e. The number of hydrogen-bond donors (Lipinski definition) is 0. The number of halogens is 2. The number of rotatable bonds is 2. The molecule has 0 saturated heterocycles. The number of pyridine rings is 1. The Hall–Kier alpha value is -1.93. The molecule has 0 aliphatic rings. The number of hydrogen-bond acceptors (Lipinski definition) is 3. The van der Waals surface area contributed by atoms with Crippen LogP contribution < -0.4 is 0 Å². The van der Waals surface area contributed by atoms with Crippen LogP contribution in [0.4, 0.5) is 8.78 Å². The lowest BCUT2D eigenvalue weighted by atomic mass is 10.2. The molecule has 0 N–H and O–H groups in total. The van der Waals surface area contributed by atoms with Gasteiger partial charge in [-0.1, -0.05) is 11.8 Å². The molecule has 0 saturated carbocycles. The van der Waals surface area contributed by atoms with Crippen molar-refractivity contribution in [1.29, 1.82) is 5.26 Å². The van der Waals surface area contributed by atoms with Gasteiger partial charge in [0.1, 0.15) is 6.07 Å². The van der Waals surface area contributed by atoms with Gasteiger partial charge in [0, 0.05) is 15.5 Å². The van der Waals surface area contributed by atoms with Crippen molar-refractivity contribution in [3.63, 3.8) is 0 Å². The number of aromatic nitrogens is 1. The molecular weight excluding hydrogens is 266 g/mol. The maximum absolute atomic E-state index is 13.2. The molecule has 0 atom stereocenters. The average Bonchev–Trinajstić information content (AvgIpc) is 2.33. The molecule has 1 heterocycles. The maximum Gasteiger partial charge on any atom is 0.159 e. The van der Waals surface area contributed by atoms with Crippen molar-refractivity contribution >= 4 is 11.8 Å². The van der Waals surface area contributed by atoms with Crippen LogP contribution in [0.3, 0.4) is 0 Å². The van der Waals surface area contributed by atoms with Crippen LogP contribution in [0.25, 0.3) is 0 Å². The quantitative estimate of drug-likeness (QED) is 0.832. The van der Waals surface area contributed by atoms with E-state index in [2.05, 4.69) is 11.1 Å². The second kappa shape index (κ2) is 5.37. The van der Waals surface area contributed by atoms with Gasteiger partial charge in [0.25, 0.3) is 0 Å². The summed E-state index contributed by atoms with van der Waals surface area (Å²) in [5, 5.41) is 9.13. The zero-order valence-corrected chi connectivity index (χ0v) is 11.2. The fourth-order valence-electron chi connectivity index (χ4n) is 1.68. The first-order valence-corrected chi connectivity index (χ1v) is 6.34. The van der Waals surface area contributed by atoms with Gasteiger partial charge in [0.15, 0.2) is 11.6 Å². The molecule has 0 bridgehead atoms. The van der Waals surface area contributed by atoms with Crippen LogP contribution in [0.2, 0.25) is 0 Å². The molecule has 0 aliphatic carbocycles. The van der Waals surface area contributed by atoms with Gasteiger partial charge in [-0.05, 0) is 38.1 Å². The topological polar surface area (TPSA) is 36.7 Å². The summed E-state index contributed by atoms with van der Waals surface area (Å²) >= 11 is 1.22. The van der Waals surface area contributed by atoms with Gasteiger partial charge in [0.2, 0.25) is 0 Å². The summed E-state index contributed by atoms with van der Waals surface area (Å²) in [6.45, 7) is 3.57. The monoisotopic (exact) mass is 276 g/mol. The fourth-order valence-corrected chi connectivity index (χ4v) is 2.75. The normalized spacial score (nSPS) is 10.3.